The monoisotopic (exact) mass is 392 g/mol. The fourth-order valence-electron chi connectivity index (χ4n) is 1.44. The van der Waals surface area contributed by atoms with Crippen LogP contribution < -0.4 is 11.1 Å². The van der Waals surface area contributed by atoms with Gasteiger partial charge in [0, 0.05) is 18.5 Å². The van der Waals surface area contributed by atoms with Crippen molar-refractivity contribution in [1.82, 2.24) is 20.3 Å². The van der Waals surface area contributed by atoms with Gasteiger partial charge in [-0.05, 0) is 17.9 Å². The number of aliphatic imine (C=N–C) groups is 1. The highest BCUT2D eigenvalue weighted by Gasteiger charge is 1.99. The molecular weight excluding hydrogens is 375 g/mol. The average molecular weight is 392 g/mol. The van der Waals surface area contributed by atoms with Crippen LogP contribution in [-0.4, -0.2) is 27.5 Å². The van der Waals surface area contributed by atoms with E-state index in [-0.39, 0.29) is 24.0 Å². The zero-order chi connectivity index (χ0) is 12.8. The highest BCUT2D eigenvalue weighted by molar-refractivity contribution is 14.0. The van der Waals surface area contributed by atoms with Gasteiger partial charge in [0.05, 0.1) is 18.4 Å². The molecule has 2 heterocycles. The second-order valence-electron chi connectivity index (χ2n) is 3.81. The third-order valence-electron chi connectivity index (χ3n) is 2.48. The molecule has 0 radical (unpaired) electrons. The van der Waals surface area contributed by atoms with Crippen LogP contribution in [0.3, 0.4) is 0 Å². The van der Waals surface area contributed by atoms with Crippen LogP contribution in [0.2, 0.25) is 0 Å². The summed E-state index contributed by atoms with van der Waals surface area (Å²) in [5.74, 6) is 0.452. The molecule has 0 amide bonds. The van der Waals surface area contributed by atoms with E-state index in [0.717, 1.165) is 18.7 Å². The molecule has 0 aliphatic heterocycles. The molecule has 104 valence electrons. The van der Waals surface area contributed by atoms with Crippen molar-refractivity contribution in [3.05, 3.63) is 34.3 Å². The molecule has 0 spiro atoms. The van der Waals surface area contributed by atoms with Gasteiger partial charge in [-0.3, -0.25) is 4.68 Å². The molecule has 3 N–H and O–H groups in total. The molecule has 0 saturated carbocycles. The van der Waals surface area contributed by atoms with Gasteiger partial charge in [-0.15, -0.1) is 40.4 Å². The molecule has 6 nitrogen and oxygen atoms in total. The number of nitrogens with zero attached hydrogens (tertiary/aromatic N) is 4. The summed E-state index contributed by atoms with van der Waals surface area (Å²) in [7, 11) is 1.83. The fourth-order valence-corrected chi connectivity index (χ4v) is 2.15. The molecular formula is C11H17IN6S. The fraction of sp³-hybridized carbons (Fsp3) is 0.364. The highest BCUT2D eigenvalue weighted by atomic mass is 127. The van der Waals surface area contributed by atoms with E-state index in [1.54, 1.807) is 22.2 Å². The molecule has 8 heteroatoms. The molecule has 2 rings (SSSR count). The first-order chi connectivity index (χ1) is 8.75. The first kappa shape index (κ1) is 15.9. The standard InChI is InChI=1S/C11H16N6S.HI/c1-17-9(8-15-16-17)7-14-11(12)13-5-4-10-3-2-6-18-10;/h2-3,6,8H,4-5,7H2,1H3,(H3,12,13,14);1H. The molecule has 0 bridgehead atoms. The lowest BCUT2D eigenvalue weighted by Gasteiger charge is -2.04. The summed E-state index contributed by atoms with van der Waals surface area (Å²) in [6.07, 6.45) is 2.64. The Morgan fingerprint density at radius 1 is 1.58 bits per heavy atom. The quantitative estimate of drug-likeness (QED) is 0.454. The van der Waals surface area contributed by atoms with Crippen LogP contribution in [0.5, 0.6) is 0 Å². The maximum atomic E-state index is 5.77. The number of rotatable bonds is 5. The Bertz CT molecular complexity index is 507. The van der Waals surface area contributed by atoms with E-state index in [9.17, 15) is 0 Å². The van der Waals surface area contributed by atoms with Crippen molar-refractivity contribution in [3.63, 3.8) is 0 Å². The molecule has 0 unspecified atom stereocenters. The Kier molecular flexibility index (Phi) is 6.78. The third-order valence-corrected chi connectivity index (χ3v) is 3.41. The maximum absolute atomic E-state index is 5.77. The molecule has 0 aliphatic carbocycles. The van der Waals surface area contributed by atoms with Gasteiger partial charge in [-0.2, -0.15) is 0 Å². The number of nitrogens with one attached hydrogen (secondary N) is 1. The number of nitrogens with two attached hydrogens (primary N) is 1. The van der Waals surface area contributed by atoms with E-state index >= 15 is 0 Å². The van der Waals surface area contributed by atoms with Crippen LogP contribution >= 0.6 is 35.3 Å². The van der Waals surface area contributed by atoms with Crippen molar-refractivity contribution < 1.29 is 0 Å². The number of hydrogen-bond donors (Lipinski definition) is 2. The summed E-state index contributed by atoms with van der Waals surface area (Å²) in [6.45, 7) is 1.28. The van der Waals surface area contributed by atoms with Crippen LogP contribution in [0.15, 0.2) is 28.7 Å². The summed E-state index contributed by atoms with van der Waals surface area (Å²) >= 11 is 1.75. The van der Waals surface area contributed by atoms with E-state index in [2.05, 4.69) is 32.1 Å². The largest absolute Gasteiger partial charge is 0.370 e. The van der Waals surface area contributed by atoms with E-state index in [4.69, 9.17) is 5.73 Å². The van der Waals surface area contributed by atoms with Gasteiger partial charge in [0.2, 0.25) is 0 Å². The zero-order valence-corrected chi connectivity index (χ0v) is 13.8. The Hall–Kier alpha value is -1.16. The summed E-state index contributed by atoms with van der Waals surface area (Å²) in [5.41, 5.74) is 6.70. The summed E-state index contributed by atoms with van der Waals surface area (Å²) in [5, 5.41) is 12.8. The first-order valence-electron chi connectivity index (χ1n) is 5.65. The number of thiophene rings is 1. The van der Waals surface area contributed by atoms with Crippen LogP contribution in [0.4, 0.5) is 0 Å². The minimum absolute atomic E-state index is 0. The van der Waals surface area contributed by atoms with Crippen LogP contribution in [0, 0.1) is 0 Å². The van der Waals surface area contributed by atoms with Crippen molar-refractivity contribution in [3.8, 4) is 0 Å². The summed E-state index contributed by atoms with van der Waals surface area (Å²) in [4.78, 5) is 5.57. The zero-order valence-electron chi connectivity index (χ0n) is 10.6. The lowest BCUT2D eigenvalue weighted by atomic mass is 10.3. The normalized spacial score (nSPS) is 11.1. The first-order valence-corrected chi connectivity index (χ1v) is 6.53. The topological polar surface area (TPSA) is 81.1 Å². The summed E-state index contributed by atoms with van der Waals surface area (Å²) in [6, 6.07) is 4.16. The van der Waals surface area contributed by atoms with Crippen molar-refractivity contribution >= 4 is 41.3 Å². The van der Waals surface area contributed by atoms with Crippen molar-refractivity contribution in [2.24, 2.45) is 17.8 Å². The van der Waals surface area contributed by atoms with E-state index < -0.39 is 0 Å². The van der Waals surface area contributed by atoms with Crippen molar-refractivity contribution in [1.29, 1.82) is 0 Å². The highest BCUT2D eigenvalue weighted by Crippen LogP contribution is 2.07. The molecule has 0 fully saturated rings. The van der Waals surface area contributed by atoms with Gasteiger partial charge in [0.1, 0.15) is 0 Å². The summed E-state index contributed by atoms with van der Waals surface area (Å²) < 4.78 is 1.68. The molecule has 2 aromatic rings. The predicted molar refractivity (Wildman–Crippen MR) is 87.8 cm³/mol. The van der Waals surface area contributed by atoms with Gasteiger partial charge < -0.3 is 11.1 Å². The number of halogens is 1. The molecule has 19 heavy (non-hydrogen) atoms. The molecule has 0 aliphatic rings. The second kappa shape index (κ2) is 8.10. The number of aromatic nitrogens is 3. The van der Waals surface area contributed by atoms with Gasteiger partial charge in [-0.25, -0.2) is 4.99 Å². The van der Waals surface area contributed by atoms with Gasteiger partial charge in [0.25, 0.3) is 0 Å². The Balaban J connectivity index is 0.00000180. The Labute approximate surface area is 133 Å². The molecule has 0 aromatic carbocycles. The molecule has 0 atom stereocenters. The van der Waals surface area contributed by atoms with Crippen molar-refractivity contribution in [2.75, 3.05) is 6.54 Å². The van der Waals surface area contributed by atoms with Gasteiger partial charge in [0.15, 0.2) is 5.96 Å². The lowest BCUT2D eigenvalue weighted by molar-refractivity contribution is 0.677. The van der Waals surface area contributed by atoms with Gasteiger partial charge >= 0.3 is 0 Å². The Morgan fingerprint density at radius 2 is 2.42 bits per heavy atom. The van der Waals surface area contributed by atoms with Gasteiger partial charge in [-0.1, -0.05) is 11.3 Å². The van der Waals surface area contributed by atoms with E-state index in [1.165, 1.54) is 4.88 Å². The molecule has 2 aromatic heterocycles. The minimum Gasteiger partial charge on any atom is -0.370 e. The molecule has 0 saturated heterocycles. The smallest absolute Gasteiger partial charge is 0.188 e. The Morgan fingerprint density at radius 3 is 3.05 bits per heavy atom. The lowest BCUT2D eigenvalue weighted by Crippen LogP contribution is -2.33. The van der Waals surface area contributed by atoms with Crippen LogP contribution in [0.1, 0.15) is 10.6 Å². The second-order valence-corrected chi connectivity index (χ2v) is 4.84. The van der Waals surface area contributed by atoms with E-state index in [0.29, 0.717) is 12.5 Å². The predicted octanol–water partition coefficient (Wildman–Crippen LogP) is 1.14. The number of aryl methyl sites for hydroxylation is 1. The SMILES string of the molecule is Cn1nncc1CN=C(N)NCCc1cccs1.I. The minimum atomic E-state index is 0. The van der Waals surface area contributed by atoms with Crippen LogP contribution in [-0.2, 0) is 20.0 Å². The van der Waals surface area contributed by atoms with Crippen molar-refractivity contribution in [2.45, 2.75) is 13.0 Å². The van der Waals surface area contributed by atoms with E-state index in [1.807, 2.05) is 13.1 Å². The number of guanidine groups is 1. The number of hydrogen-bond acceptors (Lipinski definition) is 4. The average Bonchev–Trinajstić information content (AvgIpc) is 2.98. The third kappa shape index (κ3) is 5.15. The van der Waals surface area contributed by atoms with Crippen LogP contribution in [0.25, 0.3) is 0 Å². The maximum Gasteiger partial charge on any atom is 0.188 e.